The summed E-state index contributed by atoms with van der Waals surface area (Å²) in [7, 11) is 0. The second kappa shape index (κ2) is 16.1. The van der Waals surface area contributed by atoms with Gasteiger partial charge in [-0.2, -0.15) is 0 Å². The van der Waals surface area contributed by atoms with Crippen LogP contribution in [0.15, 0.2) is 88.6 Å². The summed E-state index contributed by atoms with van der Waals surface area (Å²) in [5.74, 6) is -1.69. The van der Waals surface area contributed by atoms with Crippen molar-refractivity contribution in [1.29, 1.82) is 0 Å². The predicted molar refractivity (Wildman–Crippen MR) is 181 cm³/mol. The van der Waals surface area contributed by atoms with Crippen molar-refractivity contribution in [2.75, 3.05) is 13.1 Å². The minimum atomic E-state index is -1.95. The number of benzene rings is 2. The van der Waals surface area contributed by atoms with Crippen LogP contribution in [0.4, 0.5) is 5.82 Å². The molecule has 0 radical (unpaired) electrons. The molecule has 2 aromatic carbocycles. The van der Waals surface area contributed by atoms with E-state index in [2.05, 4.69) is 23.7 Å². The zero-order valence-electron chi connectivity index (χ0n) is 27.1. The molecule has 0 amide bonds. The van der Waals surface area contributed by atoms with Gasteiger partial charge in [0.05, 0.1) is 31.2 Å². The van der Waals surface area contributed by atoms with Crippen molar-refractivity contribution in [2.45, 2.75) is 90.2 Å². The number of ether oxygens (including phenoxy) is 3. The highest BCUT2D eigenvalue weighted by atomic mass is 16.7. The summed E-state index contributed by atoms with van der Waals surface area (Å²) in [6.45, 7) is 8.62. The van der Waals surface area contributed by atoms with E-state index < -0.39 is 24.1 Å². The van der Waals surface area contributed by atoms with Crippen LogP contribution in [0, 0.1) is 0 Å². The van der Waals surface area contributed by atoms with Crippen molar-refractivity contribution < 1.29 is 19.3 Å². The van der Waals surface area contributed by atoms with Crippen LogP contribution in [0.25, 0.3) is 11.0 Å². The van der Waals surface area contributed by atoms with E-state index in [0.717, 1.165) is 49.9 Å². The van der Waals surface area contributed by atoms with Crippen LogP contribution in [0.1, 0.15) is 69.6 Å². The minimum absolute atomic E-state index is 0.244. The molecule has 1 aliphatic rings. The third-order valence-corrected chi connectivity index (χ3v) is 8.36. The number of fused-ring (bicyclic) bond motifs is 1. The lowest BCUT2D eigenvalue weighted by Crippen LogP contribution is -2.44. The predicted octanol–water partition coefficient (Wildman–Crippen LogP) is 6.61. The van der Waals surface area contributed by atoms with Gasteiger partial charge in [0.25, 0.3) is 0 Å². The first-order chi connectivity index (χ1) is 22.4. The largest absolute Gasteiger partial charge is 0.368 e. The highest BCUT2D eigenvalue weighted by Gasteiger charge is 2.57. The molecule has 1 fully saturated rings. The fourth-order valence-electron chi connectivity index (χ4n) is 5.76. The average Bonchev–Trinajstić information content (AvgIpc) is 3.37. The van der Waals surface area contributed by atoms with E-state index in [0.29, 0.717) is 29.6 Å². The number of pyridine rings is 2. The summed E-state index contributed by atoms with van der Waals surface area (Å²) >= 11 is 0. The maximum atomic E-state index is 12.7. The van der Waals surface area contributed by atoms with Gasteiger partial charge in [-0.15, -0.1) is 0 Å². The van der Waals surface area contributed by atoms with Gasteiger partial charge in [-0.25, -0.2) is 9.98 Å². The molecule has 4 atom stereocenters. The Morgan fingerprint density at radius 1 is 0.935 bits per heavy atom. The molecule has 3 heterocycles. The van der Waals surface area contributed by atoms with Gasteiger partial charge >= 0.3 is 0 Å². The molecule has 1 aliphatic heterocycles. The van der Waals surface area contributed by atoms with Gasteiger partial charge in [-0.1, -0.05) is 94.3 Å². The number of nitrogens with one attached hydrogen (secondary N) is 1. The zero-order chi connectivity index (χ0) is 32.4. The molecule has 46 heavy (non-hydrogen) atoms. The number of aliphatic imine (C=N–C) groups is 1. The van der Waals surface area contributed by atoms with E-state index in [9.17, 15) is 9.90 Å². The lowest BCUT2D eigenvalue weighted by atomic mass is 9.96. The number of aliphatic hydroxyl groups is 1. The molecule has 2 N–H and O–H groups in total. The Balaban J connectivity index is 1.58. The summed E-state index contributed by atoms with van der Waals surface area (Å²) < 4.78 is 19.6. The lowest BCUT2D eigenvalue weighted by molar-refractivity contribution is -0.249. The molecule has 9 heteroatoms. The molecule has 9 nitrogen and oxygen atoms in total. The smallest absolute Gasteiger partial charge is 0.249 e. The van der Waals surface area contributed by atoms with E-state index >= 15 is 0 Å². The highest BCUT2D eigenvalue weighted by molar-refractivity contribution is 5.79. The fraction of sp³-hybridized carbons (Fsp3) is 0.432. The van der Waals surface area contributed by atoms with Crippen molar-refractivity contribution in [1.82, 2.24) is 14.9 Å². The second-order valence-electron chi connectivity index (χ2n) is 11.8. The maximum Gasteiger partial charge on any atom is 0.249 e. The maximum absolute atomic E-state index is 12.7. The van der Waals surface area contributed by atoms with E-state index in [1.807, 2.05) is 67.6 Å². The van der Waals surface area contributed by atoms with E-state index in [4.69, 9.17) is 24.2 Å². The topological polar surface area (TPSA) is 109 Å². The molecule has 0 bridgehead atoms. The molecule has 5 rings (SSSR count). The Morgan fingerprint density at radius 3 is 2.17 bits per heavy atom. The Hall–Kier alpha value is -3.89. The fourth-order valence-corrected chi connectivity index (χ4v) is 5.76. The molecule has 0 spiro atoms. The number of H-pyrrole nitrogens is 1. The Labute approximate surface area is 271 Å². The molecule has 1 unspecified atom stereocenters. The monoisotopic (exact) mass is 626 g/mol. The summed E-state index contributed by atoms with van der Waals surface area (Å²) in [4.78, 5) is 26.8. The van der Waals surface area contributed by atoms with Gasteiger partial charge in [0.15, 0.2) is 5.82 Å². The van der Waals surface area contributed by atoms with Gasteiger partial charge < -0.3 is 29.2 Å². The highest BCUT2D eigenvalue weighted by Crippen LogP contribution is 2.45. The van der Waals surface area contributed by atoms with Crippen LogP contribution < -0.4 is 5.56 Å². The number of unbranched alkanes of at least 4 members (excludes halogenated alkanes) is 2. The number of aromatic amines is 1. The lowest BCUT2D eigenvalue weighted by Gasteiger charge is -2.31. The van der Waals surface area contributed by atoms with Crippen molar-refractivity contribution in [3.05, 3.63) is 106 Å². The third kappa shape index (κ3) is 8.09. The van der Waals surface area contributed by atoms with Crippen molar-refractivity contribution in [2.24, 2.45) is 4.99 Å². The summed E-state index contributed by atoms with van der Waals surface area (Å²) in [6, 6.07) is 24.7. The third-order valence-electron chi connectivity index (χ3n) is 8.36. The van der Waals surface area contributed by atoms with Gasteiger partial charge in [0, 0.05) is 24.5 Å². The molecule has 0 saturated carbocycles. The molecular formula is C37H46N4O5. The van der Waals surface area contributed by atoms with E-state index in [-0.39, 0.29) is 18.0 Å². The van der Waals surface area contributed by atoms with Gasteiger partial charge in [-0.05, 0) is 42.5 Å². The standard InChI is InChI=1S/C37H46N4O5/c1-4-7-21-41(22-8-5-2)26-38-36-30(23-29-19-20-32(42)39-35(29)40-36)37(43)34(45-25-28-17-13-10-14-18-28)33(31(6-3)46-37)44-24-27-15-11-9-12-16-27/h9-20,23,26,31,33-34,43H,4-8,21-22,24-25H2,1-3H3,(H,39,40,42)/t31-,33?,34+,37+/m1/s1. The first kappa shape index (κ1) is 33.5. The van der Waals surface area contributed by atoms with Crippen molar-refractivity contribution >= 4 is 23.2 Å². The Morgan fingerprint density at radius 2 is 1.57 bits per heavy atom. The average molecular weight is 627 g/mol. The summed E-state index contributed by atoms with van der Waals surface area (Å²) in [5, 5.41) is 13.3. The molecule has 244 valence electrons. The number of nitrogens with zero attached hydrogens (tertiary/aromatic N) is 3. The van der Waals surface area contributed by atoms with Crippen LogP contribution in [0.2, 0.25) is 0 Å². The first-order valence-electron chi connectivity index (χ1n) is 16.5. The van der Waals surface area contributed by atoms with Crippen LogP contribution in [0.5, 0.6) is 0 Å². The molecule has 1 saturated heterocycles. The number of aromatic nitrogens is 2. The van der Waals surface area contributed by atoms with Crippen molar-refractivity contribution in [3.63, 3.8) is 0 Å². The number of hydrogen-bond acceptors (Lipinski definition) is 7. The Bertz CT molecular complexity index is 1600. The molecule has 0 aliphatic carbocycles. The van der Waals surface area contributed by atoms with E-state index in [1.54, 1.807) is 18.5 Å². The molecular weight excluding hydrogens is 580 g/mol. The first-order valence-corrected chi connectivity index (χ1v) is 16.5. The van der Waals surface area contributed by atoms with Crippen LogP contribution in [-0.2, 0) is 33.2 Å². The van der Waals surface area contributed by atoms with Crippen LogP contribution >= 0.6 is 0 Å². The van der Waals surface area contributed by atoms with Crippen LogP contribution in [-0.4, -0.2) is 57.7 Å². The summed E-state index contributed by atoms with van der Waals surface area (Å²) in [6.07, 6.45) is 4.60. The van der Waals surface area contributed by atoms with Gasteiger partial charge in [0.2, 0.25) is 11.3 Å². The zero-order valence-corrected chi connectivity index (χ0v) is 27.1. The van der Waals surface area contributed by atoms with Crippen molar-refractivity contribution in [3.8, 4) is 0 Å². The Kier molecular flexibility index (Phi) is 11.7. The van der Waals surface area contributed by atoms with Crippen LogP contribution in [0.3, 0.4) is 0 Å². The number of hydrogen-bond donors (Lipinski definition) is 2. The van der Waals surface area contributed by atoms with Gasteiger partial charge in [-0.3, -0.25) is 4.79 Å². The number of rotatable bonds is 16. The SMILES string of the molecule is CCCCN(C=Nc1nc2[nH]c(=O)ccc2cc1[C@]1(O)O[C@H](CC)C(OCc2ccccc2)[C@@H]1OCc1ccccc1)CCCC. The quantitative estimate of drug-likeness (QED) is 0.106. The van der Waals surface area contributed by atoms with E-state index in [1.165, 1.54) is 6.07 Å². The minimum Gasteiger partial charge on any atom is -0.368 e. The molecule has 4 aromatic rings. The molecule has 2 aromatic heterocycles. The normalized spacial score (nSPS) is 21.3. The second-order valence-corrected chi connectivity index (χ2v) is 11.8. The summed E-state index contributed by atoms with van der Waals surface area (Å²) in [5.41, 5.74) is 2.44. The van der Waals surface area contributed by atoms with Gasteiger partial charge in [0.1, 0.15) is 17.9 Å².